The van der Waals surface area contributed by atoms with Crippen LogP contribution in [0.25, 0.3) is 0 Å². The maximum Gasteiger partial charge on any atom is 0.319 e. The highest BCUT2D eigenvalue weighted by Crippen LogP contribution is 2.22. The molecule has 0 saturated heterocycles. The van der Waals surface area contributed by atoms with Crippen molar-refractivity contribution >= 4 is 11.7 Å². The van der Waals surface area contributed by atoms with E-state index in [4.69, 9.17) is 4.74 Å². The second kappa shape index (κ2) is 9.40. The van der Waals surface area contributed by atoms with Gasteiger partial charge >= 0.3 is 6.03 Å². The molecular formula is C18H30N2O3. The molecule has 0 spiro atoms. The van der Waals surface area contributed by atoms with Crippen LogP contribution in [0.15, 0.2) is 18.2 Å². The molecule has 0 radical (unpaired) electrons. The molecule has 1 aromatic carbocycles. The number of aryl methyl sites for hydroxylation is 1. The minimum absolute atomic E-state index is 0.0942. The molecule has 0 aliphatic heterocycles. The summed E-state index contributed by atoms with van der Waals surface area (Å²) in [7, 11) is 0. The van der Waals surface area contributed by atoms with Crippen LogP contribution in [0.2, 0.25) is 0 Å². The Labute approximate surface area is 139 Å². The summed E-state index contributed by atoms with van der Waals surface area (Å²) in [6, 6.07) is 5.43. The van der Waals surface area contributed by atoms with Crippen LogP contribution in [0.1, 0.15) is 45.6 Å². The summed E-state index contributed by atoms with van der Waals surface area (Å²) in [4.78, 5) is 11.9. The quantitative estimate of drug-likeness (QED) is 0.607. The average molecular weight is 322 g/mol. The summed E-state index contributed by atoms with van der Waals surface area (Å²) in [6.45, 7) is 9.47. The zero-order chi connectivity index (χ0) is 17.3. The van der Waals surface area contributed by atoms with Gasteiger partial charge in [-0.05, 0) is 55.4 Å². The van der Waals surface area contributed by atoms with Gasteiger partial charge in [0.05, 0.1) is 6.61 Å². The van der Waals surface area contributed by atoms with E-state index in [-0.39, 0.29) is 18.1 Å². The molecule has 1 rings (SSSR count). The second-order valence-electron chi connectivity index (χ2n) is 6.63. The molecule has 3 N–H and O–H groups in total. The Morgan fingerprint density at radius 3 is 2.70 bits per heavy atom. The first kappa shape index (κ1) is 19.3. The van der Waals surface area contributed by atoms with Crippen molar-refractivity contribution in [2.24, 2.45) is 5.41 Å². The molecule has 1 aromatic rings. The molecule has 0 unspecified atom stereocenters. The predicted octanol–water partition coefficient (Wildman–Crippen LogP) is 3.70. The molecule has 0 fully saturated rings. The van der Waals surface area contributed by atoms with Gasteiger partial charge in [0.2, 0.25) is 0 Å². The first-order valence-corrected chi connectivity index (χ1v) is 8.27. The molecule has 0 aliphatic carbocycles. The molecule has 0 heterocycles. The lowest BCUT2D eigenvalue weighted by Crippen LogP contribution is -2.30. The molecule has 5 heteroatoms. The van der Waals surface area contributed by atoms with Gasteiger partial charge in [-0.25, -0.2) is 4.79 Å². The lowest BCUT2D eigenvalue weighted by atomic mass is 9.89. The number of aliphatic hydroxyl groups excluding tert-OH is 1. The highest BCUT2D eigenvalue weighted by Gasteiger charge is 2.15. The van der Waals surface area contributed by atoms with Gasteiger partial charge in [-0.15, -0.1) is 0 Å². The number of carbonyl (C=O) groups is 1. The number of hydrogen-bond acceptors (Lipinski definition) is 3. The van der Waals surface area contributed by atoms with E-state index in [1.165, 1.54) is 0 Å². The van der Waals surface area contributed by atoms with E-state index >= 15 is 0 Å². The number of amides is 2. The van der Waals surface area contributed by atoms with Gasteiger partial charge in [0.15, 0.2) is 0 Å². The zero-order valence-electron chi connectivity index (χ0n) is 14.7. The fourth-order valence-electron chi connectivity index (χ4n) is 2.10. The number of urea groups is 1. The highest BCUT2D eigenvalue weighted by molar-refractivity contribution is 5.90. The number of nitrogens with one attached hydrogen (secondary N) is 2. The van der Waals surface area contributed by atoms with Crippen LogP contribution >= 0.6 is 0 Å². The van der Waals surface area contributed by atoms with Crippen LogP contribution in [0.5, 0.6) is 5.75 Å². The Kier molecular flexibility index (Phi) is 7.89. The third kappa shape index (κ3) is 7.37. The zero-order valence-corrected chi connectivity index (χ0v) is 14.7. The summed E-state index contributed by atoms with van der Waals surface area (Å²) in [5.74, 6) is 0.821. The first-order valence-electron chi connectivity index (χ1n) is 8.27. The number of anilines is 1. The van der Waals surface area contributed by atoms with E-state index < -0.39 is 0 Å². The molecule has 0 atom stereocenters. The summed E-state index contributed by atoms with van der Waals surface area (Å²) < 4.78 is 5.57. The van der Waals surface area contributed by atoms with Crippen LogP contribution in [-0.2, 0) is 0 Å². The van der Waals surface area contributed by atoms with Crippen molar-refractivity contribution in [1.82, 2.24) is 5.32 Å². The molecule has 2 amide bonds. The van der Waals surface area contributed by atoms with Gasteiger partial charge in [-0.1, -0.05) is 20.8 Å². The standard InChI is InChI=1S/C18H30N2O3/c1-5-11-23-15-7-8-16(14(2)12-15)20-17(22)19-10-6-9-18(3,4)13-21/h7-8,12,21H,5-6,9-11,13H2,1-4H3,(H2,19,20,22). The van der Waals surface area contributed by atoms with Crippen LogP contribution in [-0.4, -0.2) is 30.9 Å². The van der Waals surface area contributed by atoms with Gasteiger partial charge in [-0.3, -0.25) is 0 Å². The fraction of sp³-hybridized carbons (Fsp3) is 0.611. The summed E-state index contributed by atoms with van der Waals surface area (Å²) in [6.07, 6.45) is 2.67. The van der Waals surface area contributed by atoms with Crippen molar-refractivity contribution in [2.75, 3.05) is 25.1 Å². The van der Waals surface area contributed by atoms with Crippen LogP contribution < -0.4 is 15.4 Å². The lowest BCUT2D eigenvalue weighted by Gasteiger charge is -2.21. The van der Waals surface area contributed by atoms with Crippen molar-refractivity contribution in [3.63, 3.8) is 0 Å². The van der Waals surface area contributed by atoms with Crippen LogP contribution in [0.3, 0.4) is 0 Å². The predicted molar refractivity (Wildman–Crippen MR) is 94.1 cm³/mol. The third-order valence-electron chi connectivity index (χ3n) is 3.66. The Bertz CT molecular complexity index is 501. The Balaban J connectivity index is 2.39. The Morgan fingerprint density at radius 1 is 1.35 bits per heavy atom. The molecular weight excluding hydrogens is 292 g/mol. The molecule has 5 nitrogen and oxygen atoms in total. The monoisotopic (exact) mass is 322 g/mol. The van der Waals surface area contributed by atoms with Gasteiger partial charge in [-0.2, -0.15) is 0 Å². The molecule has 0 saturated carbocycles. The van der Waals surface area contributed by atoms with Gasteiger partial charge in [0, 0.05) is 18.8 Å². The number of aliphatic hydroxyl groups is 1. The van der Waals surface area contributed by atoms with Crippen LogP contribution in [0.4, 0.5) is 10.5 Å². The molecule has 0 bridgehead atoms. The van der Waals surface area contributed by atoms with Gasteiger partial charge in [0.1, 0.15) is 5.75 Å². The second-order valence-corrected chi connectivity index (χ2v) is 6.63. The lowest BCUT2D eigenvalue weighted by molar-refractivity contribution is 0.148. The van der Waals surface area contributed by atoms with E-state index in [1.54, 1.807) is 0 Å². The summed E-state index contributed by atoms with van der Waals surface area (Å²) in [5.41, 5.74) is 1.65. The molecule has 0 aliphatic rings. The van der Waals surface area contributed by atoms with Crippen molar-refractivity contribution in [3.8, 4) is 5.75 Å². The topological polar surface area (TPSA) is 70.6 Å². The SMILES string of the molecule is CCCOc1ccc(NC(=O)NCCCC(C)(C)CO)c(C)c1. The number of hydrogen-bond donors (Lipinski definition) is 3. The number of benzene rings is 1. The summed E-state index contributed by atoms with van der Waals surface area (Å²) >= 11 is 0. The highest BCUT2D eigenvalue weighted by atomic mass is 16.5. The van der Waals surface area contributed by atoms with Crippen molar-refractivity contribution < 1.29 is 14.6 Å². The average Bonchev–Trinajstić information content (AvgIpc) is 2.52. The maximum atomic E-state index is 11.9. The van der Waals surface area contributed by atoms with E-state index in [2.05, 4.69) is 17.6 Å². The van der Waals surface area contributed by atoms with Crippen molar-refractivity contribution in [1.29, 1.82) is 0 Å². The molecule has 130 valence electrons. The number of rotatable bonds is 9. The molecule has 0 aromatic heterocycles. The number of carbonyl (C=O) groups excluding carboxylic acids is 1. The van der Waals surface area contributed by atoms with E-state index in [0.29, 0.717) is 13.2 Å². The van der Waals surface area contributed by atoms with E-state index in [1.807, 2.05) is 39.0 Å². The Morgan fingerprint density at radius 2 is 2.09 bits per heavy atom. The minimum atomic E-state index is -0.211. The van der Waals surface area contributed by atoms with Crippen molar-refractivity contribution in [3.05, 3.63) is 23.8 Å². The van der Waals surface area contributed by atoms with Crippen molar-refractivity contribution in [2.45, 2.75) is 47.0 Å². The third-order valence-corrected chi connectivity index (χ3v) is 3.66. The number of ether oxygens (including phenoxy) is 1. The van der Waals surface area contributed by atoms with E-state index in [9.17, 15) is 9.90 Å². The molecule has 23 heavy (non-hydrogen) atoms. The van der Waals surface area contributed by atoms with Gasteiger partial charge in [0.25, 0.3) is 0 Å². The Hall–Kier alpha value is -1.75. The fourth-order valence-corrected chi connectivity index (χ4v) is 2.10. The minimum Gasteiger partial charge on any atom is -0.494 e. The summed E-state index contributed by atoms with van der Waals surface area (Å²) in [5, 5.41) is 14.9. The smallest absolute Gasteiger partial charge is 0.319 e. The maximum absolute atomic E-state index is 11.9. The normalized spacial score (nSPS) is 11.2. The van der Waals surface area contributed by atoms with Gasteiger partial charge < -0.3 is 20.5 Å². The van der Waals surface area contributed by atoms with E-state index in [0.717, 1.165) is 36.3 Å². The first-order chi connectivity index (χ1) is 10.9. The van der Waals surface area contributed by atoms with Crippen LogP contribution in [0, 0.1) is 12.3 Å². The largest absolute Gasteiger partial charge is 0.494 e.